The summed E-state index contributed by atoms with van der Waals surface area (Å²) in [5, 5.41) is 1.56. The van der Waals surface area contributed by atoms with Crippen LogP contribution in [0, 0.1) is 11.6 Å². The monoisotopic (exact) mass is 368 g/mol. The van der Waals surface area contributed by atoms with Gasteiger partial charge in [-0.1, -0.05) is 0 Å². The molecule has 0 atom stereocenters. The average molecular weight is 369 g/mol. The second-order valence-electron chi connectivity index (χ2n) is 3.51. The standard InChI is InChI=1S/C10H7BrF2N2O2S2/c11-6-1-2-18-10(6)19(16,17)15-9-7(13)3-5(12)4-8(9)14/h1-4,15H,14H2. The number of nitrogen functional groups attached to an aromatic ring is 1. The fourth-order valence-electron chi connectivity index (χ4n) is 1.35. The Balaban J connectivity index is 2.45. The van der Waals surface area contributed by atoms with Gasteiger partial charge in [-0.3, -0.25) is 4.72 Å². The maximum absolute atomic E-state index is 13.5. The molecule has 0 saturated heterocycles. The molecule has 1 aromatic carbocycles. The summed E-state index contributed by atoms with van der Waals surface area (Å²) in [5.41, 5.74) is 4.61. The maximum atomic E-state index is 13.5. The topological polar surface area (TPSA) is 72.2 Å². The van der Waals surface area contributed by atoms with Crippen LogP contribution in [0.4, 0.5) is 20.2 Å². The summed E-state index contributed by atoms with van der Waals surface area (Å²) in [6.07, 6.45) is 0. The highest BCUT2D eigenvalue weighted by Gasteiger charge is 2.22. The molecule has 19 heavy (non-hydrogen) atoms. The molecule has 0 fully saturated rings. The van der Waals surface area contributed by atoms with Gasteiger partial charge in [0, 0.05) is 10.5 Å². The summed E-state index contributed by atoms with van der Waals surface area (Å²) in [7, 11) is -3.98. The van der Waals surface area contributed by atoms with Gasteiger partial charge >= 0.3 is 0 Å². The third-order valence-electron chi connectivity index (χ3n) is 2.15. The van der Waals surface area contributed by atoms with Crippen LogP contribution < -0.4 is 10.5 Å². The van der Waals surface area contributed by atoms with Crippen molar-refractivity contribution in [3.8, 4) is 0 Å². The molecule has 1 heterocycles. The molecule has 4 nitrogen and oxygen atoms in total. The summed E-state index contributed by atoms with van der Waals surface area (Å²) >= 11 is 4.03. The summed E-state index contributed by atoms with van der Waals surface area (Å²) in [6, 6.07) is 2.94. The van der Waals surface area contributed by atoms with E-state index in [1.54, 1.807) is 11.4 Å². The van der Waals surface area contributed by atoms with Crippen molar-refractivity contribution in [3.63, 3.8) is 0 Å². The first kappa shape index (κ1) is 14.2. The molecule has 0 aliphatic rings. The van der Waals surface area contributed by atoms with Crippen LogP contribution >= 0.6 is 27.3 Å². The Labute approximate surface area is 120 Å². The van der Waals surface area contributed by atoms with Crippen molar-refractivity contribution in [2.24, 2.45) is 0 Å². The maximum Gasteiger partial charge on any atom is 0.272 e. The predicted molar refractivity (Wildman–Crippen MR) is 73.6 cm³/mol. The number of nitrogens with one attached hydrogen (secondary N) is 1. The normalized spacial score (nSPS) is 11.5. The first-order valence-corrected chi connectivity index (χ1v) is 7.97. The lowest BCUT2D eigenvalue weighted by atomic mass is 10.2. The quantitative estimate of drug-likeness (QED) is 0.817. The van der Waals surface area contributed by atoms with E-state index in [0.717, 1.165) is 17.4 Å². The first-order valence-electron chi connectivity index (χ1n) is 4.81. The number of halogens is 3. The largest absolute Gasteiger partial charge is 0.397 e. The minimum absolute atomic E-state index is 0.0179. The molecule has 0 amide bonds. The Hall–Kier alpha value is -1.19. The second kappa shape index (κ2) is 5.06. The fraction of sp³-hybridized carbons (Fsp3) is 0. The van der Waals surface area contributed by atoms with E-state index in [2.05, 4.69) is 15.9 Å². The highest BCUT2D eigenvalue weighted by Crippen LogP contribution is 2.32. The van der Waals surface area contributed by atoms with E-state index in [4.69, 9.17) is 5.73 Å². The lowest BCUT2D eigenvalue weighted by molar-refractivity contribution is 0.584. The summed E-state index contributed by atoms with van der Waals surface area (Å²) in [6.45, 7) is 0. The number of thiophene rings is 1. The van der Waals surface area contributed by atoms with Crippen LogP contribution in [-0.2, 0) is 10.0 Å². The van der Waals surface area contributed by atoms with Crippen molar-refractivity contribution in [2.45, 2.75) is 4.21 Å². The van der Waals surface area contributed by atoms with E-state index in [-0.39, 0.29) is 9.90 Å². The third-order valence-corrected chi connectivity index (χ3v) is 6.17. The van der Waals surface area contributed by atoms with Crippen molar-refractivity contribution in [2.75, 3.05) is 10.5 Å². The Morgan fingerprint density at radius 1 is 1.32 bits per heavy atom. The molecule has 0 unspecified atom stereocenters. The van der Waals surface area contributed by atoms with Gasteiger partial charge in [-0.15, -0.1) is 11.3 Å². The zero-order valence-electron chi connectivity index (χ0n) is 9.15. The second-order valence-corrected chi connectivity index (χ2v) is 7.16. The highest BCUT2D eigenvalue weighted by molar-refractivity contribution is 9.10. The number of rotatable bonds is 3. The first-order chi connectivity index (χ1) is 8.81. The lowest BCUT2D eigenvalue weighted by Crippen LogP contribution is -2.14. The van der Waals surface area contributed by atoms with Gasteiger partial charge in [-0.2, -0.15) is 0 Å². The Bertz CT molecular complexity index is 708. The van der Waals surface area contributed by atoms with E-state index < -0.39 is 27.3 Å². The van der Waals surface area contributed by atoms with Gasteiger partial charge in [-0.25, -0.2) is 17.2 Å². The molecule has 0 aliphatic heterocycles. The van der Waals surface area contributed by atoms with Crippen LogP contribution in [0.3, 0.4) is 0 Å². The molecular weight excluding hydrogens is 362 g/mol. The van der Waals surface area contributed by atoms with Crippen molar-refractivity contribution >= 4 is 48.7 Å². The van der Waals surface area contributed by atoms with Gasteiger partial charge in [0.25, 0.3) is 10.0 Å². The minimum atomic E-state index is -3.98. The molecule has 0 saturated carbocycles. The van der Waals surface area contributed by atoms with Crippen LogP contribution in [0.1, 0.15) is 0 Å². The molecule has 0 spiro atoms. The number of sulfonamides is 1. The fourth-order valence-corrected chi connectivity index (χ4v) is 4.79. The van der Waals surface area contributed by atoms with Crippen molar-refractivity contribution in [1.29, 1.82) is 0 Å². The van der Waals surface area contributed by atoms with Gasteiger partial charge < -0.3 is 5.73 Å². The van der Waals surface area contributed by atoms with Crippen molar-refractivity contribution < 1.29 is 17.2 Å². The van der Waals surface area contributed by atoms with Gasteiger partial charge in [-0.05, 0) is 33.4 Å². The highest BCUT2D eigenvalue weighted by atomic mass is 79.9. The zero-order chi connectivity index (χ0) is 14.2. The molecule has 102 valence electrons. The number of anilines is 2. The van der Waals surface area contributed by atoms with Gasteiger partial charge in [0.05, 0.1) is 5.69 Å². The van der Waals surface area contributed by atoms with Crippen molar-refractivity contribution in [3.05, 3.63) is 39.7 Å². The Kier molecular flexibility index (Phi) is 3.79. The smallest absolute Gasteiger partial charge is 0.272 e. The zero-order valence-corrected chi connectivity index (χ0v) is 12.4. The van der Waals surface area contributed by atoms with Gasteiger partial charge in [0.2, 0.25) is 0 Å². The molecule has 1 aromatic heterocycles. The number of hydrogen-bond donors (Lipinski definition) is 2. The summed E-state index contributed by atoms with van der Waals surface area (Å²) < 4.78 is 52.8. The van der Waals surface area contributed by atoms with E-state index in [0.29, 0.717) is 10.5 Å². The molecule has 2 aromatic rings. The third kappa shape index (κ3) is 2.88. The molecule has 0 aliphatic carbocycles. The lowest BCUT2D eigenvalue weighted by Gasteiger charge is -2.10. The number of hydrogen-bond acceptors (Lipinski definition) is 4. The minimum Gasteiger partial charge on any atom is -0.397 e. The van der Waals surface area contributed by atoms with Gasteiger partial charge in [0.15, 0.2) is 10.0 Å². The Morgan fingerprint density at radius 3 is 2.53 bits per heavy atom. The van der Waals surface area contributed by atoms with Crippen LogP contribution in [0.15, 0.2) is 32.3 Å². The molecule has 9 heteroatoms. The van der Waals surface area contributed by atoms with Crippen LogP contribution in [0.5, 0.6) is 0 Å². The number of benzene rings is 1. The molecule has 0 radical (unpaired) electrons. The SMILES string of the molecule is Nc1cc(F)cc(F)c1NS(=O)(=O)c1sccc1Br. The predicted octanol–water partition coefficient (Wildman–Crippen LogP) is 3.17. The molecular formula is C10H7BrF2N2O2S2. The molecule has 3 N–H and O–H groups in total. The van der Waals surface area contributed by atoms with E-state index in [9.17, 15) is 17.2 Å². The Morgan fingerprint density at radius 2 is 2.00 bits per heavy atom. The molecule has 0 bridgehead atoms. The van der Waals surface area contributed by atoms with Gasteiger partial charge in [0.1, 0.15) is 11.5 Å². The number of nitrogens with two attached hydrogens (primary N) is 1. The summed E-state index contributed by atoms with van der Waals surface area (Å²) in [5.74, 6) is -1.95. The van der Waals surface area contributed by atoms with E-state index >= 15 is 0 Å². The van der Waals surface area contributed by atoms with Crippen LogP contribution in [0.25, 0.3) is 0 Å². The summed E-state index contributed by atoms with van der Waals surface area (Å²) in [4.78, 5) is 0. The van der Waals surface area contributed by atoms with Crippen LogP contribution in [0.2, 0.25) is 0 Å². The van der Waals surface area contributed by atoms with Crippen LogP contribution in [-0.4, -0.2) is 8.42 Å². The van der Waals surface area contributed by atoms with E-state index in [1.807, 2.05) is 4.72 Å². The van der Waals surface area contributed by atoms with Crippen molar-refractivity contribution in [1.82, 2.24) is 0 Å². The van der Waals surface area contributed by atoms with E-state index in [1.165, 1.54) is 0 Å². The average Bonchev–Trinajstić information content (AvgIpc) is 2.70. The molecule has 2 rings (SSSR count).